The molecule has 3 aromatic rings. The summed E-state index contributed by atoms with van der Waals surface area (Å²) in [5.41, 5.74) is 4.06. The molecule has 0 saturated carbocycles. The smallest absolute Gasteiger partial charge is 0.0958 e. The maximum Gasteiger partial charge on any atom is 0.0958 e. The van der Waals surface area contributed by atoms with Crippen molar-refractivity contribution < 1.29 is 5.11 Å². The number of hydrogen-bond donors (Lipinski definition) is 2. The van der Waals surface area contributed by atoms with Crippen molar-refractivity contribution in [1.29, 1.82) is 0 Å². The first-order valence-electron chi connectivity index (χ1n) is 9.18. The largest absolute Gasteiger partial charge is 0.392 e. The molecule has 0 radical (unpaired) electrons. The quantitative estimate of drug-likeness (QED) is 0.719. The van der Waals surface area contributed by atoms with E-state index >= 15 is 0 Å². The monoisotopic (exact) mass is 370 g/mol. The summed E-state index contributed by atoms with van der Waals surface area (Å²) in [6.07, 6.45) is 9.16. The minimum atomic E-state index is -0.229. The summed E-state index contributed by atoms with van der Waals surface area (Å²) >= 11 is 6.30. The lowest BCUT2D eigenvalue weighted by atomic mass is 9.97. The first-order chi connectivity index (χ1) is 12.7. The lowest BCUT2D eigenvalue weighted by Gasteiger charge is -2.29. The van der Waals surface area contributed by atoms with E-state index in [9.17, 15) is 5.11 Å². The molecular weight excluding hydrogens is 348 g/mol. The summed E-state index contributed by atoms with van der Waals surface area (Å²) in [7, 11) is 0. The van der Waals surface area contributed by atoms with Crippen LogP contribution in [0.3, 0.4) is 0 Å². The number of aliphatic hydroxyl groups is 1. The van der Waals surface area contributed by atoms with Gasteiger partial charge < -0.3 is 15.0 Å². The van der Waals surface area contributed by atoms with Gasteiger partial charge in [0, 0.05) is 41.1 Å². The van der Waals surface area contributed by atoms with Gasteiger partial charge in [-0.05, 0) is 50.4 Å². The molecule has 2 N–H and O–H groups in total. The Balaban J connectivity index is 1.58. The van der Waals surface area contributed by atoms with E-state index in [4.69, 9.17) is 11.6 Å². The Labute approximate surface area is 158 Å². The molecule has 0 bridgehead atoms. The maximum atomic E-state index is 10.1. The van der Waals surface area contributed by atoms with Gasteiger partial charge in [-0.25, -0.2) is 4.98 Å². The van der Waals surface area contributed by atoms with Crippen LogP contribution in [0.25, 0.3) is 22.2 Å². The number of imidazole rings is 1. The summed E-state index contributed by atoms with van der Waals surface area (Å²) < 4.78 is 2.18. The minimum Gasteiger partial charge on any atom is -0.392 e. The van der Waals surface area contributed by atoms with E-state index in [1.54, 1.807) is 6.20 Å². The van der Waals surface area contributed by atoms with E-state index in [0.717, 1.165) is 60.9 Å². The Morgan fingerprint density at radius 1 is 1.35 bits per heavy atom. The fraction of sp³-hybridized carbons (Fsp3) is 0.400. The highest BCUT2D eigenvalue weighted by Crippen LogP contribution is 2.31. The van der Waals surface area contributed by atoms with E-state index in [-0.39, 0.29) is 12.1 Å². The SMILES string of the molecule is O[C@H]1CCCN[C@@H]1CCCn1cnc2cc(Cl)cc(-c3cccnc3)c21. The predicted octanol–water partition coefficient (Wildman–Crippen LogP) is 3.64. The third-order valence-electron chi connectivity index (χ3n) is 5.11. The van der Waals surface area contributed by atoms with Gasteiger partial charge in [-0.3, -0.25) is 4.98 Å². The Hall–Kier alpha value is -1.95. The van der Waals surface area contributed by atoms with Crippen LogP contribution in [0, 0.1) is 0 Å². The second-order valence-corrected chi connectivity index (χ2v) is 7.35. The van der Waals surface area contributed by atoms with Crippen LogP contribution < -0.4 is 5.32 Å². The number of rotatable bonds is 5. The first kappa shape index (κ1) is 17.5. The van der Waals surface area contributed by atoms with Crippen molar-refractivity contribution in [3.05, 3.63) is 48.0 Å². The number of aryl methyl sites for hydroxylation is 1. The zero-order valence-electron chi connectivity index (χ0n) is 14.6. The van der Waals surface area contributed by atoms with E-state index in [2.05, 4.69) is 19.9 Å². The number of fused-ring (bicyclic) bond motifs is 1. The van der Waals surface area contributed by atoms with E-state index < -0.39 is 0 Å². The van der Waals surface area contributed by atoms with E-state index in [1.165, 1.54) is 0 Å². The molecule has 0 unspecified atom stereocenters. The van der Waals surface area contributed by atoms with Crippen LogP contribution in [0.4, 0.5) is 0 Å². The Kier molecular flexibility index (Phi) is 5.20. The molecule has 1 aliphatic heterocycles. The normalized spacial score (nSPS) is 20.5. The van der Waals surface area contributed by atoms with Crippen LogP contribution in [0.1, 0.15) is 25.7 Å². The topological polar surface area (TPSA) is 63.0 Å². The molecule has 1 saturated heterocycles. The van der Waals surface area contributed by atoms with Gasteiger partial charge in [0.2, 0.25) is 0 Å². The van der Waals surface area contributed by atoms with Crippen molar-refractivity contribution in [2.24, 2.45) is 0 Å². The number of nitrogens with one attached hydrogen (secondary N) is 1. The Morgan fingerprint density at radius 3 is 3.08 bits per heavy atom. The molecule has 26 heavy (non-hydrogen) atoms. The zero-order chi connectivity index (χ0) is 17.9. The summed E-state index contributed by atoms with van der Waals surface area (Å²) in [4.78, 5) is 8.77. The van der Waals surface area contributed by atoms with Gasteiger partial charge in [0.1, 0.15) is 0 Å². The molecule has 1 aromatic carbocycles. The van der Waals surface area contributed by atoms with Gasteiger partial charge in [0.05, 0.1) is 23.5 Å². The van der Waals surface area contributed by atoms with Crippen molar-refractivity contribution in [3.63, 3.8) is 0 Å². The highest BCUT2D eigenvalue weighted by atomic mass is 35.5. The zero-order valence-corrected chi connectivity index (χ0v) is 15.4. The Morgan fingerprint density at radius 2 is 2.27 bits per heavy atom. The molecule has 2 aromatic heterocycles. The summed E-state index contributed by atoms with van der Waals surface area (Å²) in [5, 5.41) is 14.2. The number of nitrogens with zero attached hydrogens (tertiary/aromatic N) is 3. The summed E-state index contributed by atoms with van der Waals surface area (Å²) in [6, 6.07) is 8.05. The highest BCUT2D eigenvalue weighted by Gasteiger charge is 2.22. The van der Waals surface area contributed by atoms with Crippen molar-refractivity contribution >= 4 is 22.6 Å². The number of halogens is 1. The van der Waals surface area contributed by atoms with Gasteiger partial charge >= 0.3 is 0 Å². The van der Waals surface area contributed by atoms with Gasteiger partial charge in [0.25, 0.3) is 0 Å². The molecule has 1 fully saturated rings. The van der Waals surface area contributed by atoms with Crippen LogP contribution in [-0.2, 0) is 6.54 Å². The predicted molar refractivity (Wildman–Crippen MR) is 104 cm³/mol. The molecule has 1 aliphatic rings. The lowest BCUT2D eigenvalue weighted by Crippen LogP contribution is -2.44. The van der Waals surface area contributed by atoms with Crippen LogP contribution in [0.5, 0.6) is 0 Å². The highest BCUT2D eigenvalue weighted by molar-refractivity contribution is 6.31. The standard InChI is InChI=1S/C20H23ClN4O/c21-15-10-16(14-4-1-7-22-12-14)20-18(11-15)24-13-25(20)9-3-5-17-19(26)6-2-8-23-17/h1,4,7,10-13,17,19,23,26H,2-3,5-6,8-9H2/t17-,19+/m1/s1. The molecule has 0 spiro atoms. The second kappa shape index (κ2) is 7.74. The van der Waals surface area contributed by atoms with Crippen LogP contribution in [0.15, 0.2) is 43.0 Å². The van der Waals surface area contributed by atoms with Crippen LogP contribution >= 0.6 is 11.6 Å². The number of benzene rings is 1. The molecule has 2 atom stereocenters. The average molecular weight is 371 g/mol. The molecular formula is C20H23ClN4O. The fourth-order valence-corrected chi connectivity index (χ4v) is 4.01. The van der Waals surface area contributed by atoms with Crippen molar-refractivity contribution in [1.82, 2.24) is 19.9 Å². The number of aromatic nitrogens is 3. The third kappa shape index (κ3) is 3.61. The number of piperidine rings is 1. The van der Waals surface area contributed by atoms with Gasteiger partial charge in [-0.15, -0.1) is 0 Å². The molecule has 0 aliphatic carbocycles. The van der Waals surface area contributed by atoms with Crippen molar-refractivity contribution in [2.75, 3.05) is 6.54 Å². The molecule has 5 nitrogen and oxygen atoms in total. The third-order valence-corrected chi connectivity index (χ3v) is 5.33. The van der Waals surface area contributed by atoms with E-state index in [0.29, 0.717) is 5.02 Å². The summed E-state index contributed by atoms with van der Waals surface area (Å²) in [6.45, 7) is 1.86. The van der Waals surface area contributed by atoms with Crippen LogP contribution in [0.2, 0.25) is 5.02 Å². The average Bonchev–Trinajstić information content (AvgIpc) is 3.06. The molecule has 6 heteroatoms. The first-order valence-corrected chi connectivity index (χ1v) is 9.56. The second-order valence-electron chi connectivity index (χ2n) is 6.91. The Bertz CT molecular complexity index is 880. The molecule has 0 amide bonds. The maximum absolute atomic E-state index is 10.1. The van der Waals surface area contributed by atoms with Gasteiger partial charge in [0.15, 0.2) is 0 Å². The lowest BCUT2D eigenvalue weighted by molar-refractivity contribution is 0.0909. The molecule has 3 heterocycles. The number of pyridine rings is 1. The van der Waals surface area contributed by atoms with Gasteiger partial charge in [-0.2, -0.15) is 0 Å². The molecule has 4 rings (SSSR count). The van der Waals surface area contributed by atoms with Crippen molar-refractivity contribution in [3.8, 4) is 11.1 Å². The van der Waals surface area contributed by atoms with Crippen LogP contribution in [-0.4, -0.2) is 38.3 Å². The van der Waals surface area contributed by atoms with E-state index in [1.807, 2.05) is 36.8 Å². The molecule has 136 valence electrons. The number of hydrogen-bond acceptors (Lipinski definition) is 4. The number of aliphatic hydroxyl groups excluding tert-OH is 1. The minimum absolute atomic E-state index is 0.200. The summed E-state index contributed by atoms with van der Waals surface area (Å²) in [5.74, 6) is 0. The van der Waals surface area contributed by atoms with Crippen molar-refractivity contribution in [2.45, 2.75) is 44.4 Å². The van der Waals surface area contributed by atoms with Gasteiger partial charge in [-0.1, -0.05) is 17.7 Å². The fourth-order valence-electron chi connectivity index (χ4n) is 3.80.